The van der Waals surface area contributed by atoms with Crippen molar-refractivity contribution >= 4 is 12.2 Å². The van der Waals surface area contributed by atoms with Crippen LogP contribution >= 0.6 is 0 Å². The topological polar surface area (TPSA) is 51.2 Å². The predicted octanol–water partition coefficient (Wildman–Crippen LogP) is 3.95. The van der Waals surface area contributed by atoms with Crippen LogP contribution in [0, 0.1) is 5.92 Å². The monoisotopic (exact) mass is 366 g/mol. The van der Waals surface area contributed by atoms with Crippen molar-refractivity contribution < 1.29 is 9.52 Å². The van der Waals surface area contributed by atoms with Gasteiger partial charge >= 0.3 is 0 Å². The first-order valence-corrected chi connectivity index (χ1v) is 9.52. The lowest BCUT2D eigenvalue weighted by atomic mass is 10.2. The van der Waals surface area contributed by atoms with Crippen LogP contribution in [0.4, 0.5) is 0 Å². The first-order chi connectivity index (χ1) is 13.1. The Morgan fingerprint density at radius 2 is 2.22 bits per heavy atom. The number of fused-ring (bicyclic) bond motifs is 1. The van der Waals surface area contributed by atoms with Gasteiger partial charge in [-0.2, -0.15) is 5.10 Å². The SMILES string of the molecule is C/C=C\CC.C=CC(C)Cn1nc(-c2ccc(CO)o2)c2c1=CC=CCC=2. The van der Waals surface area contributed by atoms with Crippen LogP contribution in [0.5, 0.6) is 0 Å². The summed E-state index contributed by atoms with van der Waals surface area (Å²) >= 11 is 0. The van der Waals surface area contributed by atoms with E-state index in [-0.39, 0.29) is 6.61 Å². The summed E-state index contributed by atoms with van der Waals surface area (Å²) in [6, 6.07) is 3.65. The van der Waals surface area contributed by atoms with E-state index in [0.717, 1.165) is 35.6 Å². The molecule has 0 amide bonds. The predicted molar refractivity (Wildman–Crippen MR) is 112 cm³/mol. The van der Waals surface area contributed by atoms with Crippen molar-refractivity contribution in [2.75, 3.05) is 0 Å². The number of hydrogen-bond donors (Lipinski definition) is 1. The van der Waals surface area contributed by atoms with Crippen molar-refractivity contribution in [3.05, 3.63) is 65.4 Å². The molecule has 2 aromatic heterocycles. The molecule has 0 fully saturated rings. The number of rotatable bonds is 6. The Morgan fingerprint density at radius 3 is 2.81 bits per heavy atom. The van der Waals surface area contributed by atoms with Crippen LogP contribution in [-0.2, 0) is 13.2 Å². The van der Waals surface area contributed by atoms with Crippen molar-refractivity contribution in [1.29, 1.82) is 0 Å². The standard InChI is InChI=1S/C18H20N2O2.C5H10/c1-3-13(2)11-20-16-8-6-4-5-7-15(16)18(19-20)17-10-9-14(12-21)22-17;1-3-5-4-2/h3-4,6-10,13,21H,1,5,11-12H2,2H3;3,5H,4H2,1-2H3/b;5-3-. The van der Waals surface area contributed by atoms with Gasteiger partial charge in [0.05, 0.1) is 5.35 Å². The molecular formula is C23H30N2O2. The quantitative estimate of drug-likeness (QED) is 0.788. The molecule has 0 spiro atoms. The summed E-state index contributed by atoms with van der Waals surface area (Å²) in [5.41, 5.74) is 0.825. The number of aromatic nitrogens is 2. The van der Waals surface area contributed by atoms with E-state index in [1.807, 2.05) is 23.7 Å². The normalized spacial score (nSPS) is 13.8. The molecule has 4 heteroatoms. The van der Waals surface area contributed by atoms with E-state index in [2.05, 4.69) is 56.9 Å². The molecule has 3 rings (SSSR count). The van der Waals surface area contributed by atoms with Gasteiger partial charge in [0.25, 0.3) is 0 Å². The lowest BCUT2D eigenvalue weighted by Gasteiger charge is -2.06. The van der Waals surface area contributed by atoms with E-state index in [1.54, 1.807) is 6.07 Å². The van der Waals surface area contributed by atoms with Gasteiger partial charge in [-0.15, -0.1) is 6.58 Å². The third-order valence-corrected chi connectivity index (χ3v) is 4.26. The molecule has 0 aromatic carbocycles. The van der Waals surface area contributed by atoms with E-state index in [9.17, 15) is 5.11 Å². The Labute approximate surface area is 161 Å². The molecule has 0 saturated carbocycles. The molecule has 2 aromatic rings. The first-order valence-electron chi connectivity index (χ1n) is 9.52. The largest absolute Gasteiger partial charge is 0.457 e. The number of hydrogen-bond acceptors (Lipinski definition) is 3. The van der Waals surface area contributed by atoms with Crippen LogP contribution in [-0.4, -0.2) is 14.9 Å². The van der Waals surface area contributed by atoms with Gasteiger partial charge in [0.2, 0.25) is 0 Å². The van der Waals surface area contributed by atoms with Crippen LogP contribution in [0.15, 0.2) is 53.5 Å². The average Bonchev–Trinajstić information content (AvgIpc) is 3.20. The molecule has 2 heterocycles. The Balaban J connectivity index is 0.000000465. The molecule has 4 nitrogen and oxygen atoms in total. The molecule has 0 bridgehead atoms. The number of nitrogens with zero attached hydrogens (tertiary/aromatic N) is 2. The van der Waals surface area contributed by atoms with E-state index in [4.69, 9.17) is 9.52 Å². The van der Waals surface area contributed by atoms with Crippen molar-refractivity contribution in [3.8, 4) is 11.5 Å². The molecule has 0 radical (unpaired) electrons. The minimum absolute atomic E-state index is 0.103. The molecule has 27 heavy (non-hydrogen) atoms. The van der Waals surface area contributed by atoms with Crippen molar-refractivity contribution in [3.63, 3.8) is 0 Å². The molecule has 1 N–H and O–H groups in total. The summed E-state index contributed by atoms with van der Waals surface area (Å²) < 4.78 is 7.67. The molecular weight excluding hydrogens is 336 g/mol. The van der Waals surface area contributed by atoms with E-state index < -0.39 is 0 Å². The molecule has 0 saturated heterocycles. The highest BCUT2D eigenvalue weighted by molar-refractivity contribution is 5.58. The van der Waals surface area contributed by atoms with E-state index in [1.165, 1.54) is 0 Å². The van der Waals surface area contributed by atoms with Gasteiger partial charge in [0, 0.05) is 11.8 Å². The second-order valence-electron chi connectivity index (χ2n) is 6.48. The van der Waals surface area contributed by atoms with E-state index in [0.29, 0.717) is 17.4 Å². The third-order valence-electron chi connectivity index (χ3n) is 4.26. The average molecular weight is 367 g/mol. The van der Waals surface area contributed by atoms with Gasteiger partial charge < -0.3 is 9.52 Å². The number of aliphatic hydroxyl groups is 1. The molecule has 1 unspecified atom stereocenters. The van der Waals surface area contributed by atoms with Gasteiger partial charge in [-0.3, -0.25) is 4.68 Å². The van der Waals surface area contributed by atoms with Gasteiger partial charge in [-0.25, -0.2) is 0 Å². The first kappa shape index (κ1) is 20.7. The zero-order valence-corrected chi connectivity index (χ0v) is 16.6. The summed E-state index contributed by atoms with van der Waals surface area (Å²) in [5, 5.41) is 16.1. The fourth-order valence-corrected chi connectivity index (χ4v) is 2.78. The highest BCUT2D eigenvalue weighted by Crippen LogP contribution is 2.17. The number of furan rings is 1. The molecule has 1 atom stereocenters. The summed E-state index contributed by atoms with van der Waals surface area (Å²) in [6.07, 6.45) is 16.6. The number of aliphatic hydroxyl groups excluding tert-OH is 1. The van der Waals surface area contributed by atoms with Crippen molar-refractivity contribution in [2.24, 2.45) is 5.92 Å². The highest BCUT2D eigenvalue weighted by atomic mass is 16.4. The zero-order chi connectivity index (χ0) is 19.6. The fourth-order valence-electron chi connectivity index (χ4n) is 2.78. The van der Waals surface area contributed by atoms with Crippen LogP contribution in [0.25, 0.3) is 23.6 Å². The summed E-state index contributed by atoms with van der Waals surface area (Å²) in [5.74, 6) is 1.58. The summed E-state index contributed by atoms with van der Waals surface area (Å²) in [7, 11) is 0. The fraction of sp³-hybridized carbons (Fsp3) is 0.348. The van der Waals surface area contributed by atoms with Crippen LogP contribution in [0.2, 0.25) is 0 Å². The van der Waals surface area contributed by atoms with Gasteiger partial charge in [-0.05, 0) is 43.9 Å². The van der Waals surface area contributed by atoms with Gasteiger partial charge in [-0.1, -0.05) is 50.3 Å². The van der Waals surface area contributed by atoms with E-state index >= 15 is 0 Å². The maximum Gasteiger partial charge on any atom is 0.155 e. The summed E-state index contributed by atoms with van der Waals surface area (Å²) in [6.45, 7) is 10.8. The lowest BCUT2D eigenvalue weighted by Crippen LogP contribution is -2.30. The van der Waals surface area contributed by atoms with Crippen LogP contribution in [0.3, 0.4) is 0 Å². The van der Waals surface area contributed by atoms with Crippen molar-refractivity contribution in [2.45, 2.75) is 46.8 Å². The molecule has 144 valence electrons. The van der Waals surface area contributed by atoms with Crippen molar-refractivity contribution in [1.82, 2.24) is 9.78 Å². The second-order valence-corrected chi connectivity index (χ2v) is 6.48. The second kappa shape index (κ2) is 10.5. The Kier molecular flexibility index (Phi) is 8.08. The Bertz CT molecular complexity index is 913. The Hall–Kier alpha value is -2.59. The minimum atomic E-state index is -0.103. The lowest BCUT2D eigenvalue weighted by molar-refractivity contribution is 0.248. The van der Waals surface area contributed by atoms with Crippen LogP contribution in [0.1, 0.15) is 39.4 Å². The van der Waals surface area contributed by atoms with Gasteiger partial charge in [0.15, 0.2) is 5.76 Å². The smallest absolute Gasteiger partial charge is 0.155 e. The maximum atomic E-state index is 9.18. The maximum absolute atomic E-state index is 9.18. The molecule has 1 aliphatic carbocycles. The van der Waals surface area contributed by atoms with Gasteiger partial charge in [0.1, 0.15) is 18.1 Å². The van der Waals surface area contributed by atoms with Crippen LogP contribution < -0.4 is 10.6 Å². The minimum Gasteiger partial charge on any atom is -0.457 e. The highest BCUT2D eigenvalue weighted by Gasteiger charge is 2.14. The molecule has 0 aliphatic heterocycles. The zero-order valence-electron chi connectivity index (χ0n) is 16.6. The molecule has 1 aliphatic rings. The summed E-state index contributed by atoms with van der Waals surface area (Å²) in [4.78, 5) is 0. The number of allylic oxidation sites excluding steroid dienone is 5. The Morgan fingerprint density at radius 1 is 1.41 bits per heavy atom. The third kappa shape index (κ3) is 5.44.